The summed E-state index contributed by atoms with van der Waals surface area (Å²) in [5, 5.41) is 14.8. The molecule has 0 saturated carbocycles. The van der Waals surface area contributed by atoms with Crippen LogP contribution in [0.2, 0.25) is 0 Å². The normalized spacial score (nSPS) is 10.3. The minimum Gasteiger partial charge on any atom is -0.493 e. The smallest absolute Gasteiger partial charge is 0.235 e. The van der Waals surface area contributed by atoms with E-state index in [4.69, 9.17) is 9.47 Å². The Bertz CT molecular complexity index is 622. The summed E-state index contributed by atoms with van der Waals surface area (Å²) in [5.74, 6) is 0.770. The van der Waals surface area contributed by atoms with Gasteiger partial charge in [0, 0.05) is 17.6 Å². The predicted molar refractivity (Wildman–Crippen MR) is 70.6 cm³/mol. The maximum atomic E-state index is 11.3. The molecule has 0 saturated heterocycles. The maximum Gasteiger partial charge on any atom is 0.235 e. The molecule has 2 aromatic rings. The number of aryl methyl sites for hydroxylation is 1. The van der Waals surface area contributed by atoms with Crippen LogP contribution in [0.25, 0.3) is 0 Å². The molecule has 0 fully saturated rings. The second-order valence-electron chi connectivity index (χ2n) is 3.90. The van der Waals surface area contributed by atoms with Gasteiger partial charge in [0.05, 0.1) is 11.6 Å². The topological polar surface area (TPSA) is 88.5 Å². The van der Waals surface area contributed by atoms with Gasteiger partial charge in [-0.25, -0.2) is 0 Å². The van der Waals surface area contributed by atoms with E-state index in [9.17, 15) is 10.0 Å². The van der Waals surface area contributed by atoms with Gasteiger partial charge in [-0.2, -0.15) is 0 Å². The number of benzene rings is 1. The van der Waals surface area contributed by atoms with Crippen molar-refractivity contribution in [2.75, 3.05) is 7.11 Å². The first-order valence-electron chi connectivity index (χ1n) is 5.57. The molecule has 0 aliphatic heterocycles. The molecule has 1 heterocycles. The van der Waals surface area contributed by atoms with Crippen molar-refractivity contribution in [2.45, 2.75) is 13.5 Å². The number of carbonyl (C=O) groups excluding carboxylic acids is 1. The summed E-state index contributed by atoms with van der Waals surface area (Å²) >= 11 is 3.29. The van der Waals surface area contributed by atoms with Gasteiger partial charge < -0.3 is 14.7 Å². The van der Waals surface area contributed by atoms with E-state index in [0.717, 1.165) is 0 Å². The number of carbonyl (C=O) groups is 1. The molecule has 106 valence electrons. The number of halogens is 1. The van der Waals surface area contributed by atoms with Crippen LogP contribution in [-0.2, 0) is 6.61 Å². The lowest BCUT2D eigenvalue weighted by Crippen LogP contribution is -2.29. The number of hydrogen-bond acceptors (Lipinski definition) is 6. The highest BCUT2D eigenvalue weighted by Crippen LogP contribution is 2.36. The van der Waals surface area contributed by atoms with E-state index < -0.39 is 0 Å². The Morgan fingerprint density at radius 1 is 1.55 bits per heavy atom. The first-order chi connectivity index (χ1) is 9.56. The van der Waals surface area contributed by atoms with Crippen LogP contribution in [0.15, 0.2) is 21.2 Å². The molecule has 0 amide bonds. The summed E-state index contributed by atoms with van der Waals surface area (Å²) < 4.78 is 15.7. The van der Waals surface area contributed by atoms with E-state index in [1.165, 1.54) is 7.11 Å². The van der Waals surface area contributed by atoms with Crippen LogP contribution in [0.3, 0.4) is 0 Å². The van der Waals surface area contributed by atoms with Crippen molar-refractivity contribution in [1.82, 2.24) is 5.16 Å². The number of aldehydes is 1. The van der Waals surface area contributed by atoms with Crippen molar-refractivity contribution in [3.63, 3.8) is 0 Å². The van der Waals surface area contributed by atoms with Gasteiger partial charge in [0.1, 0.15) is 6.29 Å². The third kappa shape index (κ3) is 2.74. The predicted octanol–water partition coefficient (Wildman–Crippen LogP) is 1.78. The molecular formula is C12H11BrN2O5. The number of aromatic nitrogens is 2. The molecule has 0 N–H and O–H groups in total. The SMILES string of the molecule is COc1cc(C=O)cc(Br)c1OCc1c(C)no[n+]1[O-]. The molecule has 1 aromatic heterocycles. The Morgan fingerprint density at radius 3 is 2.85 bits per heavy atom. The van der Waals surface area contributed by atoms with Gasteiger partial charge in [-0.1, -0.05) is 0 Å². The molecule has 0 unspecified atom stereocenters. The average molecular weight is 343 g/mol. The third-order valence-electron chi connectivity index (χ3n) is 2.63. The molecule has 0 spiro atoms. The summed E-state index contributed by atoms with van der Waals surface area (Å²) in [6, 6.07) is 3.13. The second-order valence-corrected chi connectivity index (χ2v) is 4.76. The average Bonchev–Trinajstić information content (AvgIpc) is 2.76. The van der Waals surface area contributed by atoms with Crippen LogP contribution in [0.4, 0.5) is 0 Å². The van der Waals surface area contributed by atoms with Crippen molar-refractivity contribution in [3.05, 3.63) is 38.8 Å². The Labute approximate surface area is 122 Å². The standard InChI is InChI=1S/C12H11BrN2O5/c1-7-10(15(17)20-14-7)6-19-12-9(13)3-8(5-16)4-11(12)18-2/h3-5H,6H2,1-2H3. The lowest BCUT2D eigenvalue weighted by atomic mass is 10.2. The largest absolute Gasteiger partial charge is 0.493 e. The number of rotatable bonds is 5. The van der Waals surface area contributed by atoms with Gasteiger partial charge in [0.2, 0.25) is 11.4 Å². The maximum absolute atomic E-state index is 11.3. The molecule has 2 rings (SSSR count). The van der Waals surface area contributed by atoms with Crippen LogP contribution in [-0.4, -0.2) is 18.6 Å². The van der Waals surface area contributed by atoms with E-state index in [1.54, 1.807) is 19.1 Å². The highest BCUT2D eigenvalue weighted by molar-refractivity contribution is 9.10. The zero-order chi connectivity index (χ0) is 14.7. The number of nitrogens with zero attached hydrogens (tertiary/aromatic N) is 2. The molecule has 8 heteroatoms. The Hall–Kier alpha value is -2.09. The highest BCUT2D eigenvalue weighted by Gasteiger charge is 2.18. The first kappa shape index (κ1) is 14.3. The van der Waals surface area contributed by atoms with Gasteiger partial charge >= 0.3 is 0 Å². The van der Waals surface area contributed by atoms with Crippen LogP contribution >= 0.6 is 15.9 Å². The monoisotopic (exact) mass is 342 g/mol. The van der Waals surface area contributed by atoms with E-state index in [-0.39, 0.29) is 17.2 Å². The minimum atomic E-state index is -0.0335. The summed E-state index contributed by atoms with van der Waals surface area (Å²) in [6.45, 7) is 1.60. The fourth-order valence-corrected chi connectivity index (χ4v) is 2.15. The van der Waals surface area contributed by atoms with Gasteiger partial charge in [-0.15, -0.1) is 0 Å². The molecule has 20 heavy (non-hydrogen) atoms. The fraction of sp³-hybridized carbons (Fsp3) is 0.250. The molecule has 1 aromatic carbocycles. The Kier molecular flexibility index (Phi) is 4.23. The van der Waals surface area contributed by atoms with Crippen molar-refractivity contribution >= 4 is 22.2 Å². The van der Waals surface area contributed by atoms with Crippen LogP contribution in [0.5, 0.6) is 11.5 Å². The lowest BCUT2D eigenvalue weighted by Gasteiger charge is -2.12. The van der Waals surface area contributed by atoms with Crippen LogP contribution in [0, 0.1) is 12.1 Å². The highest BCUT2D eigenvalue weighted by atomic mass is 79.9. The van der Waals surface area contributed by atoms with E-state index in [1.807, 2.05) is 0 Å². The van der Waals surface area contributed by atoms with Crippen molar-refractivity contribution in [3.8, 4) is 11.5 Å². The lowest BCUT2D eigenvalue weighted by molar-refractivity contribution is -0.808. The van der Waals surface area contributed by atoms with E-state index in [0.29, 0.717) is 33.5 Å². The minimum absolute atomic E-state index is 0.0335. The summed E-state index contributed by atoms with van der Waals surface area (Å²) in [4.78, 5) is 11.1. The third-order valence-corrected chi connectivity index (χ3v) is 3.22. The molecule has 7 nitrogen and oxygen atoms in total. The van der Waals surface area contributed by atoms with Crippen molar-refractivity contribution in [1.29, 1.82) is 0 Å². The molecule has 0 aliphatic carbocycles. The van der Waals surface area contributed by atoms with Gasteiger partial charge in [-0.3, -0.25) is 9.42 Å². The first-order valence-corrected chi connectivity index (χ1v) is 6.36. The Morgan fingerprint density at radius 2 is 2.30 bits per heavy atom. The molecule has 0 aliphatic rings. The van der Waals surface area contributed by atoms with Crippen molar-refractivity contribution in [2.24, 2.45) is 0 Å². The summed E-state index contributed by atoms with van der Waals surface area (Å²) in [5.41, 5.74) is 1.15. The Balaban J connectivity index is 2.27. The van der Waals surface area contributed by atoms with Gasteiger partial charge in [0.15, 0.2) is 18.1 Å². The number of hydrogen-bond donors (Lipinski definition) is 0. The second kappa shape index (κ2) is 5.91. The van der Waals surface area contributed by atoms with Crippen LogP contribution < -0.4 is 14.4 Å². The number of ether oxygens (including phenoxy) is 2. The van der Waals surface area contributed by atoms with E-state index in [2.05, 4.69) is 25.7 Å². The molecular weight excluding hydrogens is 332 g/mol. The summed E-state index contributed by atoms with van der Waals surface area (Å²) in [7, 11) is 1.46. The molecule has 0 radical (unpaired) electrons. The molecule has 0 bridgehead atoms. The van der Waals surface area contributed by atoms with Gasteiger partial charge in [-0.05, 0) is 33.0 Å². The quantitative estimate of drug-likeness (QED) is 0.607. The fourth-order valence-electron chi connectivity index (χ4n) is 1.58. The summed E-state index contributed by atoms with van der Waals surface area (Å²) in [6.07, 6.45) is 0.701. The van der Waals surface area contributed by atoms with Crippen LogP contribution in [0.1, 0.15) is 21.7 Å². The molecule has 0 atom stereocenters. The van der Waals surface area contributed by atoms with E-state index >= 15 is 0 Å². The van der Waals surface area contributed by atoms with Gasteiger partial charge in [0.25, 0.3) is 0 Å². The van der Waals surface area contributed by atoms with Crippen molar-refractivity contribution < 1.29 is 23.8 Å². The number of methoxy groups -OCH3 is 1. The zero-order valence-corrected chi connectivity index (χ0v) is 12.3. The zero-order valence-electron chi connectivity index (χ0n) is 10.8.